The topological polar surface area (TPSA) is 38.3 Å². The van der Waals surface area contributed by atoms with Gasteiger partial charge in [0.1, 0.15) is 0 Å². The minimum Gasteiger partial charge on any atom is -0.465 e. The summed E-state index contributed by atoms with van der Waals surface area (Å²) in [5.41, 5.74) is 4.41. The number of aryl methyl sites for hydroxylation is 1. The summed E-state index contributed by atoms with van der Waals surface area (Å²) in [6.45, 7) is 6.24. The number of rotatable bonds is 2. The van der Waals surface area contributed by atoms with Crippen molar-refractivity contribution in [3.05, 3.63) is 34.4 Å². The second-order valence-corrected chi connectivity index (χ2v) is 4.69. The molecule has 1 unspecified atom stereocenters. The van der Waals surface area contributed by atoms with E-state index >= 15 is 0 Å². The number of hydrogen-bond acceptors (Lipinski definition) is 3. The van der Waals surface area contributed by atoms with Gasteiger partial charge < -0.3 is 10.1 Å². The van der Waals surface area contributed by atoms with Crippen molar-refractivity contribution in [1.29, 1.82) is 0 Å². The first-order valence-electron chi connectivity index (χ1n) is 6.03. The van der Waals surface area contributed by atoms with Gasteiger partial charge in [0, 0.05) is 6.54 Å². The molecule has 3 nitrogen and oxygen atoms in total. The van der Waals surface area contributed by atoms with E-state index in [0.29, 0.717) is 11.5 Å². The number of carbonyl (C=O) groups is 1. The SMILES string of the molecule is COC(=O)c1cc(C)c(C)c(C2CCNC2)c1. The Morgan fingerprint density at radius 1 is 1.41 bits per heavy atom. The zero-order valence-corrected chi connectivity index (χ0v) is 10.7. The summed E-state index contributed by atoms with van der Waals surface area (Å²) < 4.78 is 4.79. The predicted molar refractivity (Wildman–Crippen MR) is 67.5 cm³/mol. The minimum absolute atomic E-state index is 0.250. The molecule has 1 N–H and O–H groups in total. The van der Waals surface area contributed by atoms with Crippen LogP contribution in [0.25, 0.3) is 0 Å². The lowest BCUT2D eigenvalue weighted by molar-refractivity contribution is 0.0600. The standard InChI is InChI=1S/C14H19NO2/c1-9-6-12(14(16)17-3)7-13(10(9)2)11-4-5-15-8-11/h6-7,11,15H,4-5,8H2,1-3H3. The maximum Gasteiger partial charge on any atom is 0.337 e. The monoisotopic (exact) mass is 233 g/mol. The zero-order chi connectivity index (χ0) is 12.4. The van der Waals surface area contributed by atoms with Gasteiger partial charge in [-0.15, -0.1) is 0 Å². The molecule has 1 aromatic rings. The van der Waals surface area contributed by atoms with Crippen LogP contribution in [-0.2, 0) is 4.74 Å². The molecular formula is C14H19NO2. The summed E-state index contributed by atoms with van der Waals surface area (Å²) in [7, 11) is 1.42. The van der Waals surface area contributed by atoms with Crippen LogP contribution in [-0.4, -0.2) is 26.2 Å². The Kier molecular flexibility index (Phi) is 3.48. The van der Waals surface area contributed by atoms with E-state index in [1.54, 1.807) is 0 Å². The Morgan fingerprint density at radius 2 is 2.18 bits per heavy atom. The molecule has 1 atom stereocenters. The highest BCUT2D eigenvalue weighted by Gasteiger charge is 2.21. The van der Waals surface area contributed by atoms with Gasteiger partial charge in [0.15, 0.2) is 0 Å². The lowest BCUT2D eigenvalue weighted by Crippen LogP contribution is -2.11. The Labute approximate surface area is 102 Å². The van der Waals surface area contributed by atoms with E-state index in [2.05, 4.69) is 12.2 Å². The van der Waals surface area contributed by atoms with Gasteiger partial charge in [-0.05, 0) is 61.6 Å². The highest BCUT2D eigenvalue weighted by atomic mass is 16.5. The molecule has 17 heavy (non-hydrogen) atoms. The van der Waals surface area contributed by atoms with Crippen LogP contribution in [0.1, 0.15) is 39.4 Å². The number of hydrogen-bond donors (Lipinski definition) is 1. The predicted octanol–water partition coefficient (Wildman–Crippen LogP) is 2.17. The largest absolute Gasteiger partial charge is 0.465 e. The highest BCUT2D eigenvalue weighted by Crippen LogP contribution is 2.28. The minimum atomic E-state index is -0.250. The van der Waals surface area contributed by atoms with Crippen molar-refractivity contribution < 1.29 is 9.53 Å². The maximum absolute atomic E-state index is 11.6. The first-order valence-corrected chi connectivity index (χ1v) is 6.03. The first-order chi connectivity index (χ1) is 8.13. The Morgan fingerprint density at radius 3 is 2.76 bits per heavy atom. The van der Waals surface area contributed by atoms with Crippen LogP contribution in [0.3, 0.4) is 0 Å². The molecule has 0 bridgehead atoms. The molecule has 0 saturated carbocycles. The van der Waals surface area contributed by atoms with Crippen LogP contribution in [0, 0.1) is 13.8 Å². The van der Waals surface area contributed by atoms with Gasteiger partial charge in [-0.3, -0.25) is 0 Å². The smallest absolute Gasteiger partial charge is 0.337 e. The fourth-order valence-electron chi connectivity index (χ4n) is 2.47. The molecule has 92 valence electrons. The molecule has 1 aromatic carbocycles. The number of benzene rings is 1. The van der Waals surface area contributed by atoms with Crippen LogP contribution >= 0.6 is 0 Å². The molecule has 0 radical (unpaired) electrons. The first kappa shape index (κ1) is 12.1. The summed E-state index contributed by atoms with van der Waals surface area (Å²) in [5.74, 6) is 0.276. The van der Waals surface area contributed by atoms with Gasteiger partial charge in [-0.2, -0.15) is 0 Å². The molecule has 0 aliphatic carbocycles. The number of carbonyl (C=O) groups excluding carboxylic acids is 1. The van der Waals surface area contributed by atoms with Gasteiger partial charge in [0.2, 0.25) is 0 Å². The molecule has 1 aliphatic rings. The fraction of sp³-hybridized carbons (Fsp3) is 0.500. The van der Waals surface area contributed by atoms with Gasteiger partial charge in [-0.1, -0.05) is 0 Å². The summed E-state index contributed by atoms with van der Waals surface area (Å²) in [5, 5.41) is 3.36. The third-order valence-corrected chi connectivity index (χ3v) is 3.63. The lowest BCUT2D eigenvalue weighted by Gasteiger charge is -2.16. The fourth-order valence-corrected chi connectivity index (χ4v) is 2.47. The lowest BCUT2D eigenvalue weighted by atomic mass is 9.90. The van der Waals surface area contributed by atoms with Gasteiger partial charge in [0.25, 0.3) is 0 Å². The summed E-state index contributed by atoms with van der Waals surface area (Å²) >= 11 is 0. The summed E-state index contributed by atoms with van der Waals surface area (Å²) in [6.07, 6.45) is 1.14. The molecule has 0 amide bonds. The molecule has 1 aliphatic heterocycles. The van der Waals surface area contributed by atoms with E-state index in [9.17, 15) is 4.79 Å². The van der Waals surface area contributed by atoms with Crippen LogP contribution < -0.4 is 5.32 Å². The van der Waals surface area contributed by atoms with Gasteiger partial charge >= 0.3 is 5.97 Å². The van der Waals surface area contributed by atoms with Gasteiger partial charge in [-0.25, -0.2) is 4.79 Å². The molecule has 3 heteroatoms. The summed E-state index contributed by atoms with van der Waals surface area (Å²) in [4.78, 5) is 11.6. The number of methoxy groups -OCH3 is 1. The molecule has 1 heterocycles. The van der Waals surface area contributed by atoms with Crippen molar-refractivity contribution in [3.63, 3.8) is 0 Å². The summed E-state index contributed by atoms with van der Waals surface area (Å²) in [6, 6.07) is 3.90. The zero-order valence-electron chi connectivity index (χ0n) is 10.7. The van der Waals surface area contributed by atoms with Crippen molar-refractivity contribution >= 4 is 5.97 Å². The van der Waals surface area contributed by atoms with Crippen LogP contribution in [0.2, 0.25) is 0 Å². The van der Waals surface area contributed by atoms with Crippen molar-refractivity contribution in [2.75, 3.05) is 20.2 Å². The third kappa shape index (κ3) is 2.34. The molecule has 0 aromatic heterocycles. The maximum atomic E-state index is 11.6. The number of esters is 1. The van der Waals surface area contributed by atoms with E-state index in [4.69, 9.17) is 4.74 Å². The average Bonchev–Trinajstić information content (AvgIpc) is 2.85. The van der Waals surface area contributed by atoms with Crippen molar-refractivity contribution in [1.82, 2.24) is 5.32 Å². The number of nitrogens with one attached hydrogen (secondary N) is 1. The second kappa shape index (κ2) is 4.88. The molecule has 2 rings (SSSR count). The molecule has 1 saturated heterocycles. The Bertz CT molecular complexity index is 434. The van der Waals surface area contributed by atoms with E-state index in [-0.39, 0.29) is 5.97 Å². The third-order valence-electron chi connectivity index (χ3n) is 3.63. The average molecular weight is 233 g/mol. The van der Waals surface area contributed by atoms with Crippen molar-refractivity contribution in [2.45, 2.75) is 26.2 Å². The normalized spacial score (nSPS) is 19.4. The Hall–Kier alpha value is -1.35. The van der Waals surface area contributed by atoms with Crippen LogP contribution in [0.4, 0.5) is 0 Å². The van der Waals surface area contributed by atoms with Crippen LogP contribution in [0.5, 0.6) is 0 Å². The van der Waals surface area contributed by atoms with E-state index in [0.717, 1.165) is 25.1 Å². The molecular weight excluding hydrogens is 214 g/mol. The van der Waals surface area contributed by atoms with E-state index in [1.807, 2.05) is 19.1 Å². The molecule has 0 spiro atoms. The van der Waals surface area contributed by atoms with Gasteiger partial charge in [0.05, 0.1) is 12.7 Å². The van der Waals surface area contributed by atoms with Crippen molar-refractivity contribution in [2.24, 2.45) is 0 Å². The highest BCUT2D eigenvalue weighted by molar-refractivity contribution is 5.90. The Balaban J connectivity index is 2.42. The number of ether oxygens (including phenoxy) is 1. The quantitative estimate of drug-likeness (QED) is 0.796. The second-order valence-electron chi connectivity index (χ2n) is 4.69. The van der Waals surface area contributed by atoms with Crippen molar-refractivity contribution in [3.8, 4) is 0 Å². The van der Waals surface area contributed by atoms with E-state index in [1.165, 1.54) is 18.2 Å². The van der Waals surface area contributed by atoms with E-state index < -0.39 is 0 Å². The molecule has 1 fully saturated rings. The van der Waals surface area contributed by atoms with Crippen LogP contribution in [0.15, 0.2) is 12.1 Å².